The summed E-state index contributed by atoms with van der Waals surface area (Å²) in [4.78, 5) is 0. The Balaban J connectivity index is 2.82. The van der Waals surface area contributed by atoms with Crippen LogP contribution in [0.2, 0.25) is 0 Å². The molecule has 5 atom stereocenters. The zero-order chi connectivity index (χ0) is 10.2. The van der Waals surface area contributed by atoms with Crippen LogP contribution in [0.25, 0.3) is 0 Å². The summed E-state index contributed by atoms with van der Waals surface area (Å²) in [6, 6.07) is 0. The first-order valence-electron chi connectivity index (χ1n) is 3.75. The maximum absolute atomic E-state index is 9.36. The van der Waals surface area contributed by atoms with Crippen molar-refractivity contribution in [1.29, 1.82) is 0 Å². The van der Waals surface area contributed by atoms with Gasteiger partial charge in [-0.25, -0.2) is 0 Å². The summed E-state index contributed by atoms with van der Waals surface area (Å²) in [6.45, 7) is -0.894. The lowest BCUT2D eigenvalue weighted by Crippen LogP contribution is -2.73. The van der Waals surface area contributed by atoms with Gasteiger partial charge in [-0.15, -0.1) is 0 Å². The Hall–Kier alpha value is -0.280. The van der Waals surface area contributed by atoms with Crippen molar-refractivity contribution in [3.8, 4) is 0 Å². The highest BCUT2D eigenvalue weighted by molar-refractivity contribution is 4.98. The molecule has 7 nitrogen and oxygen atoms in total. The fourth-order valence-electron chi connectivity index (χ4n) is 1.22. The average Bonchev–Trinajstić information content (AvgIpc) is 2.12. The van der Waals surface area contributed by atoms with Gasteiger partial charge in [0.1, 0.15) is 24.5 Å². The Morgan fingerprint density at radius 2 is 1.62 bits per heavy atom. The second-order valence-electron chi connectivity index (χ2n) is 3.10. The fourth-order valence-corrected chi connectivity index (χ4v) is 1.22. The highest BCUT2D eigenvalue weighted by atomic mass is 16.4. The van der Waals surface area contributed by atoms with Crippen LogP contribution in [0.15, 0.2) is 0 Å². The van der Waals surface area contributed by atoms with E-state index < -0.39 is 36.9 Å². The van der Waals surface area contributed by atoms with Crippen LogP contribution in [-0.4, -0.2) is 67.5 Å². The molecule has 0 aromatic rings. The van der Waals surface area contributed by atoms with Gasteiger partial charge in [0.2, 0.25) is 0 Å². The Labute approximate surface area is 73.9 Å². The highest BCUT2D eigenvalue weighted by Crippen LogP contribution is 2.20. The van der Waals surface area contributed by atoms with Gasteiger partial charge in [-0.2, -0.15) is 0 Å². The Bertz CT molecular complexity index is 190. The van der Waals surface area contributed by atoms with E-state index in [2.05, 4.69) is 0 Å². The summed E-state index contributed by atoms with van der Waals surface area (Å²) in [7, 11) is 0. The van der Waals surface area contributed by atoms with E-state index in [0.29, 0.717) is 0 Å². The van der Waals surface area contributed by atoms with Crippen molar-refractivity contribution in [3.63, 3.8) is 0 Å². The van der Waals surface area contributed by atoms with Gasteiger partial charge in [0.05, 0.1) is 6.61 Å². The van der Waals surface area contributed by atoms with Gasteiger partial charge in [-0.05, 0) is 0 Å². The van der Waals surface area contributed by atoms with Crippen molar-refractivity contribution >= 4 is 0 Å². The lowest BCUT2D eigenvalue weighted by atomic mass is 9.92. The minimum Gasteiger partial charge on any atom is -0.392 e. The standard InChI is InChI=1S/C6H13NO6/c8-1-6(13)4(11)2(9)3(10)5(12)7-6/h2-5,7-13H,1H2/t2-,3-,4-,5?,6+/m0/s1. The zero-order valence-electron chi connectivity index (χ0n) is 6.70. The third-order valence-electron chi connectivity index (χ3n) is 2.13. The first-order valence-corrected chi connectivity index (χ1v) is 3.75. The molecule has 0 aromatic carbocycles. The van der Waals surface area contributed by atoms with E-state index in [4.69, 9.17) is 20.4 Å². The van der Waals surface area contributed by atoms with Crippen LogP contribution in [0.3, 0.4) is 0 Å². The van der Waals surface area contributed by atoms with Crippen molar-refractivity contribution in [2.75, 3.05) is 6.61 Å². The maximum atomic E-state index is 9.36. The predicted octanol–water partition coefficient (Wildman–Crippen LogP) is -4.33. The summed E-state index contributed by atoms with van der Waals surface area (Å²) in [6.07, 6.45) is -6.69. The van der Waals surface area contributed by atoms with E-state index in [-0.39, 0.29) is 0 Å². The summed E-state index contributed by atoms with van der Waals surface area (Å²) >= 11 is 0. The molecule has 1 unspecified atom stereocenters. The van der Waals surface area contributed by atoms with E-state index in [1.165, 1.54) is 0 Å². The lowest BCUT2D eigenvalue weighted by molar-refractivity contribution is -0.247. The molecule has 1 aliphatic heterocycles. The molecule has 13 heavy (non-hydrogen) atoms. The van der Waals surface area contributed by atoms with Crippen molar-refractivity contribution in [1.82, 2.24) is 5.32 Å². The molecule has 1 aliphatic rings. The Kier molecular flexibility index (Phi) is 2.88. The maximum Gasteiger partial charge on any atom is 0.170 e. The zero-order valence-corrected chi connectivity index (χ0v) is 6.70. The van der Waals surface area contributed by atoms with Gasteiger partial charge in [0.25, 0.3) is 0 Å². The van der Waals surface area contributed by atoms with E-state index in [9.17, 15) is 10.2 Å². The van der Waals surface area contributed by atoms with Crippen molar-refractivity contribution < 1.29 is 30.6 Å². The molecule has 7 N–H and O–H groups in total. The first-order chi connectivity index (χ1) is 5.92. The number of nitrogens with one attached hydrogen (secondary N) is 1. The third kappa shape index (κ3) is 1.67. The van der Waals surface area contributed by atoms with E-state index >= 15 is 0 Å². The SMILES string of the molecule is OC[C@]1(O)NC(O)[C@@H](O)[C@H](O)[C@@H]1O. The van der Waals surface area contributed by atoms with Crippen LogP contribution in [0.1, 0.15) is 0 Å². The molecule has 0 aromatic heterocycles. The van der Waals surface area contributed by atoms with Crippen LogP contribution in [-0.2, 0) is 0 Å². The molecular weight excluding hydrogens is 182 g/mol. The predicted molar refractivity (Wildman–Crippen MR) is 39.2 cm³/mol. The van der Waals surface area contributed by atoms with Crippen LogP contribution < -0.4 is 5.32 Å². The van der Waals surface area contributed by atoms with Crippen molar-refractivity contribution in [3.05, 3.63) is 0 Å². The average molecular weight is 195 g/mol. The van der Waals surface area contributed by atoms with Crippen molar-refractivity contribution in [2.45, 2.75) is 30.3 Å². The van der Waals surface area contributed by atoms with E-state index in [1.54, 1.807) is 0 Å². The molecule has 1 saturated heterocycles. The third-order valence-corrected chi connectivity index (χ3v) is 2.13. The normalized spacial score (nSPS) is 52.2. The number of hydrogen-bond donors (Lipinski definition) is 7. The van der Waals surface area contributed by atoms with Gasteiger partial charge in [0.15, 0.2) is 5.72 Å². The molecule has 0 amide bonds. The van der Waals surface area contributed by atoms with Crippen LogP contribution in [0.5, 0.6) is 0 Å². The molecule has 1 heterocycles. The number of piperidine rings is 1. The summed E-state index contributed by atoms with van der Waals surface area (Å²) in [5.41, 5.74) is -2.20. The highest BCUT2D eigenvalue weighted by Gasteiger charge is 2.50. The minimum absolute atomic E-state index is 0.894. The molecule has 0 aliphatic carbocycles. The Morgan fingerprint density at radius 3 is 2.08 bits per heavy atom. The number of rotatable bonds is 1. The van der Waals surface area contributed by atoms with Crippen LogP contribution in [0.4, 0.5) is 0 Å². The number of hydrogen-bond acceptors (Lipinski definition) is 7. The largest absolute Gasteiger partial charge is 0.392 e. The molecular formula is C6H13NO6. The Morgan fingerprint density at radius 1 is 1.08 bits per heavy atom. The van der Waals surface area contributed by atoms with Gasteiger partial charge in [0, 0.05) is 0 Å². The quantitative estimate of drug-likeness (QED) is 0.225. The van der Waals surface area contributed by atoms with Crippen molar-refractivity contribution in [2.24, 2.45) is 0 Å². The molecule has 0 bridgehead atoms. The molecule has 0 radical (unpaired) electrons. The molecule has 1 rings (SSSR count). The second-order valence-corrected chi connectivity index (χ2v) is 3.10. The number of aliphatic hydroxyl groups excluding tert-OH is 5. The van der Waals surface area contributed by atoms with Gasteiger partial charge in [-0.1, -0.05) is 0 Å². The number of aliphatic hydroxyl groups is 6. The van der Waals surface area contributed by atoms with Gasteiger partial charge in [-0.3, -0.25) is 5.32 Å². The summed E-state index contributed by atoms with van der Waals surface area (Å²) < 4.78 is 0. The van der Waals surface area contributed by atoms with E-state index in [0.717, 1.165) is 0 Å². The van der Waals surface area contributed by atoms with Gasteiger partial charge < -0.3 is 30.6 Å². The van der Waals surface area contributed by atoms with Crippen LogP contribution >= 0.6 is 0 Å². The van der Waals surface area contributed by atoms with Crippen LogP contribution in [0, 0.1) is 0 Å². The smallest absolute Gasteiger partial charge is 0.170 e. The minimum atomic E-state index is -2.20. The monoisotopic (exact) mass is 195 g/mol. The summed E-state index contributed by atoms with van der Waals surface area (Å²) in [5, 5.41) is 56.4. The fraction of sp³-hybridized carbons (Fsp3) is 1.00. The molecule has 1 fully saturated rings. The molecule has 0 saturated carbocycles. The topological polar surface area (TPSA) is 133 Å². The molecule has 78 valence electrons. The lowest BCUT2D eigenvalue weighted by Gasteiger charge is -2.44. The molecule has 7 heteroatoms. The molecule has 0 spiro atoms. The summed E-state index contributed by atoms with van der Waals surface area (Å²) in [5.74, 6) is 0. The first kappa shape index (κ1) is 10.8. The second kappa shape index (κ2) is 3.46. The van der Waals surface area contributed by atoms with E-state index in [1.807, 2.05) is 5.32 Å². The van der Waals surface area contributed by atoms with Gasteiger partial charge >= 0.3 is 0 Å².